The van der Waals surface area contributed by atoms with Gasteiger partial charge in [-0.15, -0.1) is 0 Å². The van der Waals surface area contributed by atoms with Crippen LogP contribution in [0.3, 0.4) is 0 Å². The minimum atomic E-state index is 0.616. The largest absolute Gasteiger partial charge is 0.441 e. The third kappa shape index (κ3) is 3.63. The first-order valence-corrected chi connectivity index (χ1v) is 10.6. The Kier molecular flexibility index (Phi) is 4.76. The van der Waals surface area contributed by atoms with E-state index in [2.05, 4.69) is 52.3 Å². The number of nitrogens with zero attached hydrogens (tertiary/aromatic N) is 5. The fourth-order valence-electron chi connectivity index (χ4n) is 4.93. The normalized spacial score (nSPS) is 22.4. The highest BCUT2D eigenvalue weighted by Gasteiger charge is 2.42. The maximum atomic E-state index is 6.01. The maximum absolute atomic E-state index is 6.01. The van der Waals surface area contributed by atoms with Gasteiger partial charge in [-0.05, 0) is 38.8 Å². The van der Waals surface area contributed by atoms with Gasteiger partial charge in [0.2, 0.25) is 5.89 Å². The van der Waals surface area contributed by atoms with Crippen LogP contribution in [0.1, 0.15) is 35.4 Å². The van der Waals surface area contributed by atoms with Crippen LogP contribution >= 0.6 is 0 Å². The monoisotopic (exact) mass is 391 g/mol. The highest BCUT2D eigenvalue weighted by atomic mass is 16.4. The number of benzene rings is 1. The van der Waals surface area contributed by atoms with Gasteiger partial charge in [0.05, 0.1) is 11.9 Å². The number of aryl methyl sites for hydroxylation is 3. The quantitative estimate of drug-likeness (QED) is 0.666. The minimum Gasteiger partial charge on any atom is -0.441 e. The van der Waals surface area contributed by atoms with Crippen LogP contribution in [0.25, 0.3) is 11.5 Å². The Balaban J connectivity index is 1.27. The summed E-state index contributed by atoms with van der Waals surface area (Å²) in [5.41, 5.74) is 4.68. The van der Waals surface area contributed by atoms with E-state index in [-0.39, 0.29) is 0 Å². The van der Waals surface area contributed by atoms with E-state index in [1.165, 1.54) is 24.0 Å². The molecule has 3 aromatic rings. The van der Waals surface area contributed by atoms with E-state index in [1.54, 1.807) is 0 Å². The molecule has 0 bridgehead atoms. The summed E-state index contributed by atoms with van der Waals surface area (Å²) in [4.78, 5) is 10.1. The van der Waals surface area contributed by atoms with Gasteiger partial charge in [0.1, 0.15) is 5.76 Å². The van der Waals surface area contributed by atoms with Crippen molar-refractivity contribution in [3.8, 4) is 11.5 Å². The van der Waals surface area contributed by atoms with Crippen LogP contribution < -0.4 is 0 Å². The van der Waals surface area contributed by atoms with Gasteiger partial charge >= 0.3 is 0 Å². The van der Waals surface area contributed by atoms with E-state index in [9.17, 15) is 0 Å². The summed E-state index contributed by atoms with van der Waals surface area (Å²) in [5, 5.41) is 4.32. The van der Waals surface area contributed by atoms with E-state index in [0.29, 0.717) is 12.1 Å². The van der Waals surface area contributed by atoms with Crippen molar-refractivity contribution in [1.82, 2.24) is 24.6 Å². The highest BCUT2D eigenvalue weighted by Crippen LogP contribution is 2.34. The van der Waals surface area contributed by atoms with Gasteiger partial charge < -0.3 is 4.42 Å². The summed E-state index contributed by atoms with van der Waals surface area (Å²) in [7, 11) is 1.98. The number of likely N-dealkylation sites (tertiary alicyclic amines) is 2. The van der Waals surface area contributed by atoms with Gasteiger partial charge in [0, 0.05) is 62.6 Å². The number of rotatable bonds is 5. The lowest BCUT2D eigenvalue weighted by atomic mass is 10.1. The lowest BCUT2D eigenvalue weighted by Crippen LogP contribution is -2.36. The molecule has 1 aromatic carbocycles. The molecule has 0 unspecified atom stereocenters. The molecule has 0 saturated carbocycles. The molecule has 0 N–H and O–H groups in total. The molecule has 0 spiro atoms. The van der Waals surface area contributed by atoms with Crippen molar-refractivity contribution < 1.29 is 4.42 Å². The van der Waals surface area contributed by atoms with Crippen molar-refractivity contribution in [3.63, 3.8) is 0 Å². The van der Waals surface area contributed by atoms with Gasteiger partial charge in [-0.1, -0.05) is 17.7 Å². The zero-order chi connectivity index (χ0) is 20.0. The molecule has 29 heavy (non-hydrogen) atoms. The molecule has 0 amide bonds. The van der Waals surface area contributed by atoms with Crippen LogP contribution in [0.5, 0.6) is 0 Å². The average molecular weight is 392 g/mol. The zero-order valence-electron chi connectivity index (χ0n) is 17.5. The zero-order valence-corrected chi connectivity index (χ0v) is 17.5. The van der Waals surface area contributed by atoms with Gasteiger partial charge in [0.25, 0.3) is 0 Å². The Morgan fingerprint density at radius 2 is 1.69 bits per heavy atom. The molecule has 0 radical (unpaired) electrons. The third-order valence-corrected chi connectivity index (χ3v) is 6.49. The topological polar surface area (TPSA) is 50.3 Å². The molecule has 6 heteroatoms. The first-order chi connectivity index (χ1) is 14.1. The number of fused-ring (bicyclic) bond motifs is 1. The van der Waals surface area contributed by atoms with E-state index >= 15 is 0 Å². The first kappa shape index (κ1) is 18.6. The summed E-state index contributed by atoms with van der Waals surface area (Å²) in [5.74, 6) is 1.67. The predicted octanol–water partition coefficient (Wildman–Crippen LogP) is 3.54. The van der Waals surface area contributed by atoms with E-state index in [1.807, 2.05) is 24.9 Å². The van der Waals surface area contributed by atoms with Crippen LogP contribution in [0, 0.1) is 13.8 Å². The van der Waals surface area contributed by atoms with Gasteiger partial charge in [0.15, 0.2) is 0 Å². The molecule has 152 valence electrons. The smallest absolute Gasteiger partial charge is 0.226 e. The second kappa shape index (κ2) is 7.43. The lowest BCUT2D eigenvalue weighted by Gasteiger charge is -2.25. The molecule has 2 atom stereocenters. The fraction of sp³-hybridized carbons (Fsp3) is 0.478. The molecule has 2 aliphatic rings. The molecule has 2 aliphatic heterocycles. The second-order valence-corrected chi connectivity index (χ2v) is 8.56. The molecule has 2 fully saturated rings. The summed E-state index contributed by atoms with van der Waals surface area (Å²) in [6, 6.07) is 9.64. The van der Waals surface area contributed by atoms with E-state index in [0.717, 1.165) is 49.1 Å². The Labute approximate surface area is 172 Å². The second-order valence-electron chi connectivity index (χ2n) is 8.56. The van der Waals surface area contributed by atoms with Crippen LogP contribution in [0.4, 0.5) is 0 Å². The highest BCUT2D eigenvalue weighted by molar-refractivity contribution is 5.54. The summed E-state index contributed by atoms with van der Waals surface area (Å²) >= 11 is 0. The molecular formula is C23H29N5O. The summed E-state index contributed by atoms with van der Waals surface area (Å²) in [6.45, 7) is 8.31. The average Bonchev–Trinajstić information content (AvgIpc) is 3.46. The van der Waals surface area contributed by atoms with Crippen molar-refractivity contribution in [2.75, 3.05) is 13.1 Å². The van der Waals surface area contributed by atoms with Gasteiger partial charge in [-0.2, -0.15) is 5.10 Å². The number of aromatic nitrogens is 3. The number of hydrogen-bond acceptors (Lipinski definition) is 5. The third-order valence-electron chi connectivity index (χ3n) is 6.49. The molecular weight excluding hydrogens is 362 g/mol. The summed E-state index contributed by atoms with van der Waals surface area (Å²) < 4.78 is 7.90. The van der Waals surface area contributed by atoms with E-state index in [4.69, 9.17) is 9.40 Å². The van der Waals surface area contributed by atoms with Crippen LogP contribution in [-0.2, 0) is 20.1 Å². The molecule has 4 heterocycles. The lowest BCUT2D eigenvalue weighted by molar-refractivity contribution is 0.211. The van der Waals surface area contributed by atoms with Crippen molar-refractivity contribution in [1.29, 1.82) is 0 Å². The fourth-order valence-corrected chi connectivity index (χ4v) is 4.93. The van der Waals surface area contributed by atoms with Crippen LogP contribution in [-0.4, -0.2) is 49.7 Å². The van der Waals surface area contributed by atoms with Crippen LogP contribution in [0.15, 0.2) is 41.1 Å². The molecule has 5 rings (SSSR count). The molecule has 2 saturated heterocycles. The maximum Gasteiger partial charge on any atom is 0.226 e. The van der Waals surface area contributed by atoms with Crippen molar-refractivity contribution in [2.45, 2.75) is 51.9 Å². The van der Waals surface area contributed by atoms with Crippen molar-refractivity contribution in [3.05, 3.63) is 59.2 Å². The predicted molar refractivity (Wildman–Crippen MR) is 112 cm³/mol. The van der Waals surface area contributed by atoms with E-state index < -0.39 is 0 Å². The Bertz CT molecular complexity index is 989. The van der Waals surface area contributed by atoms with Gasteiger partial charge in [-0.3, -0.25) is 14.5 Å². The first-order valence-electron chi connectivity index (χ1n) is 10.6. The molecule has 6 nitrogen and oxygen atoms in total. The Hall–Kier alpha value is -2.44. The number of oxazole rings is 1. The summed E-state index contributed by atoms with van der Waals surface area (Å²) in [6.07, 6.45) is 6.58. The standard InChI is InChI=1S/C23H29N5O/c1-16-4-6-19(7-5-16)23-25-20(17(2)29-23)15-28-11-9-21-22(28)8-10-27(21)14-18-12-24-26(3)13-18/h4-7,12-13,21-22H,8-11,14-15H2,1-3H3/t21-,22-/m0/s1. The Morgan fingerprint density at radius 1 is 1.00 bits per heavy atom. The minimum absolute atomic E-state index is 0.616. The van der Waals surface area contributed by atoms with Gasteiger partial charge in [-0.25, -0.2) is 4.98 Å². The Morgan fingerprint density at radius 3 is 2.34 bits per heavy atom. The SMILES string of the molecule is Cc1ccc(-c2nc(CN3CC[C@H]4[C@@H]3CCN4Cc3cnn(C)c3)c(C)o2)cc1. The molecule has 0 aliphatic carbocycles. The van der Waals surface area contributed by atoms with Crippen molar-refractivity contribution in [2.24, 2.45) is 7.05 Å². The van der Waals surface area contributed by atoms with Crippen LogP contribution in [0.2, 0.25) is 0 Å². The molecule has 2 aromatic heterocycles. The number of hydrogen-bond donors (Lipinski definition) is 0. The van der Waals surface area contributed by atoms with Crippen molar-refractivity contribution >= 4 is 0 Å².